The number of piperidine rings is 1. The van der Waals surface area contributed by atoms with Gasteiger partial charge in [-0.1, -0.05) is 19.0 Å². The number of aromatic nitrogens is 2. The molecule has 3 rings (SSSR count). The lowest BCUT2D eigenvalue weighted by molar-refractivity contribution is -0.133. The molecule has 2 fully saturated rings. The second-order valence-corrected chi connectivity index (χ2v) is 6.80. The predicted molar refractivity (Wildman–Crippen MR) is 80.5 cm³/mol. The lowest BCUT2D eigenvalue weighted by atomic mass is 9.96. The third-order valence-electron chi connectivity index (χ3n) is 4.53. The molecule has 1 aromatic rings. The summed E-state index contributed by atoms with van der Waals surface area (Å²) in [5.41, 5.74) is 0. The molecule has 22 heavy (non-hydrogen) atoms. The van der Waals surface area contributed by atoms with Crippen molar-refractivity contribution in [2.75, 3.05) is 26.3 Å². The molecule has 2 aliphatic rings. The van der Waals surface area contributed by atoms with E-state index in [1.807, 2.05) is 4.90 Å². The molecule has 6 heteroatoms. The number of ether oxygens (including phenoxy) is 1. The van der Waals surface area contributed by atoms with Crippen molar-refractivity contribution in [3.8, 4) is 0 Å². The van der Waals surface area contributed by atoms with Gasteiger partial charge in [-0.25, -0.2) is 0 Å². The van der Waals surface area contributed by atoms with E-state index in [9.17, 15) is 4.79 Å². The summed E-state index contributed by atoms with van der Waals surface area (Å²) in [7, 11) is 0. The van der Waals surface area contributed by atoms with Crippen molar-refractivity contribution in [2.24, 2.45) is 5.92 Å². The molecule has 1 unspecified atom stereocenters. The molecule has 0 radical (unpaired) electrons. The van der Waals surface area contributed by atoms with Gasteiger partial charge < -0.3 is 14.2 Å². The quantitative estimate of drug-likeness (QED) is 0.854. The Bertz CT molecular complexity index is 500. The van der Waals surface area contributed by atoms with Crippen LogP contribution in [0.2, 0.25) is 0 Å². The van der Waals surface area contributed by atoms with Crippen molar-refractivity contribution in [3.05, 3.63) is 11.7 Å². The summed E-state index contributed by atoms with van der Waals surface area (Å²) in [6.45, 7) is 7.22. The maximum absolute atomic E-state index is 12.1. The fourth-order valence-corrected chi connectivity index (χ4v) is 3.17. The van der Waals surface area contributed by atoms with E-state index in [2.05, 4.69) is 24.0 Å². The van der Waals surface area contributed by atoms with Crippen LogP contribution in [-0.4, -0.2) is 47.3 Å². The van der Waals surface area contributed by atoms with Crippen LogP contribution in [0.15, 0.2) is 4.52 Å². The Kier molecular flexibility index (Phi) is 4.76. The first kappa shape index (κ1) is 15.5. The van der Waals surface area contributed by atoms with Crippen molar-refractivity contribution in [1.82, 2.24) is 15.0 Å². The number of rotatable bonds is 4. The van der Waals surface area contributed by atoms with Crippen LogP contribution in [0.5, 0.6) is 0 Å². The van der Waals surface area contributed by atoms with Gasteiger partial charge in [-0.2, -0.15) is 4.98 Å². The molecule has 3 heterocycles. The fourth-order valence-electron chi connectivity index (χ4n) is 3.17. The molecule has 6 nitrogen and oxygen atoms in total. The summed E-state index contributed by atoms with van der Waals surface area (Å²) < 4.78 is 10.8. The van der Waals surface area contributed by atoms with Crippen LogP contribution in [0, 0.1) is 5.92 Å². The first-order valence-corrected chi connectivity index (χ1v) is 8.32. The fraction of sp³-hybridized carbons (Fsp3) is 0.812. The van der Waals surface area contributed by atoms with Crippen molar-refractivity contribution in [3.63, 3.8) is 0 Å². The average Bonchev–Trinajstić information content (AvgIpc) is 3.18. The topological polar surface area (TPSA) is 68.5 Å². The van der Waals surface area contributed by atoms with Crippen molar-refractivity contribution in [2.45, 2.75) is 51.4 Å². The van der Waals surface area contributed by atoms with Gasteiger partial charge in [0, 0.05) is 38.0 Å². The Morgan fingerprint density at radius 3 is 2.68 bits per heavy atom. The lowest BCUT2D eigenvalue weighted by Crippen LogP contribution is -2.38. The van der Waals surface area contributed by atoms with Gasteiger partial charge in [0.2, 0.25) is 11.8 Å². The van der Waals surface area contributed by atoms with Gasteiger partial charge in [-0.05, 0) is 25.2 Å². The highest BCUT2D eigenvalue weighted by Gasteiger charge is 2.29. The van der Waals surface area contributed by atoms with Crippen LogP contribution in [0.25, 0.3) is 0 Å². The molecule has 1 amide bonds. The molecule has 0 saturated carbocycles. The summed E-state index contributed by atoms with van der Waals surface area (Å²) >= 11 is 0. The number of carbonyl (C=O) groups is 1. The largest absolute Gasteiger partial charge is 0.381 e. The maximum atomic E-state index is 12.1. The number of carbonyl (C=O) groups excluding carboxylic acids is 1. The number of nitrogens with zero attached hydrogens (tertiary/aromatic N) is 3. The van der Waals surface area contributed by atoms with E-state index >= 15 is 0 Å². The van der Waals surface area contributed by atoms with Crippen LogP contribution in [-0.2, 0) is 9.53 Å². The Hall–Kier alpha value is -1.43. The summed E-state index contributed by atoms with van der Waals surface area (Å²) in [5, 5.41) is 4.12. The van der Waals surface area contributed by atoms with Gasteiger partial charge in [0.25, 0.3) is 0 Å². The highest BCUT2D eigenvalue weighted by atomic mass is 16.5. The van der Waals surface area contributed by atoms with Gasteiger partial charge in [0.15, 0.2) is 5.82 Å². The standard InChI is InChI=1S/C16H25N3O3/c1-11(2)9-14(20)19-6-3-12(4-7-19)16-17-15(18-22-16)13-5-8-21-10-13/h11-13H,3-10H2,1-2H3. The molecule has 0 spiro atoms. The van der Waals surface area contributed by atoms with Crippen LogP contribution in [0.3, 0.4) is 0 Å². The molecule has 0 aliphatic carbocycles. The van der Waals surface area contributed by atoms with Gasteiger partial charge in [-0.3, -0.25) is 4.79 Å². The number of likely N-dealkylation sites (tertiary alicyclic amines) is 1. The number of amides is 1. The van der Waals surface area contributed by atoms with E-state index < -0.39 is 0 Å². The first-order valence-electron chi connectivity index (χ1n) is 8.32. The SMILES string of the molecule is CC(C)CC(=O)N1CCC(c2nc(C3CCOC3)no2)CC1. The van der Waals surface area contributed by atoms with Crippen LogP contribution < -0.4 is 0 Å². The molecular weight excluding hydrogens is 282 g/mol. The van der Waals surface area contributed by atoms with Crippen molar-refractivity contribution >= 4 is 5.91 Å². The molecule has 1 aromatic heterocycles. The Morgan fingerprint density at radius 1 is 1.27 bits per heavy atom. The van der Waals surface area contributed by atoms with Gasteiger partial charge >= 0.3 is 0 Å². The molecule has 1 atom stereocenters. The van der Waals surface area contributed by atoms with Crippen LogP contribution in [0.4, 0.5) is 0 Å². The smallest absolute Gasteiger partial charge is 0.229 e. The van der Waals surface area contributed by atoms with E-state index in [4.69, 9.17) is 9.26 Å². The molecule has 0 bridgehead atoms. The monoisotopic (exact) mass is 307 g/mol. The second-order valence-electron chi connectivity index (χ2n) is 6.80. The average molecular weight is 307 g/mol. The third kappa shape index (κ3) is 3.48. The number of hydrogen-bond donors (Lipinski definition) is 0. The zero-order valence-electron chi connectivity index (χ0n) is 13.5. The van der Waals surface area contributed by atoms with Gasteiger partial charge in [0.1, 0.15) is 0 Å². The van der Waals surface area contributed by atoms with E-state index in [-0.39, 0.29) is 17.7 Å². The van der Waals surface area contributed by atoms with Gasteiger partial charge in [0.05, 0.1) is 6.61 Å². The molecular formula is C16H25N3O3. The number of hydrogen-bond acceptors (Lipinski definition) is 5. The Morgan fingerprint density at radius 2 is 2.05 bits per heavy atom. The molecule has 2 saturated heterocycles. The molecule has 0 aromatic carbocycles. The van der Waals surface area contributed by atoms with Crippen LogP contribution >= 0.6 is 0 Å². The first-order chi connectivity index (χ1) is 10.6. The highest BCUT2D eigenvalue weighted by Crippen LogP contribution is 2.29. The van der Waals surface area contributed by atoms with Crippen molar-refractivity contribution < 1.29 is 14.1 Å². The summed E-state index contributed by atoms with van der Waals surface area (Å²) in [6, 6.07) is 0. The molecule has 2 aliphatic heterocycles. The van der Waals surface area contributed by atoms with E-state index in [1.165, 1.54) is 0 Å². The predicted octanol–water partition coefficient (Wildman–Crippen LogP) is 2.33. The van der Waals surface area contributed by atoms with E-state index in [0.717, 1.165) is 50.7 Å². The second kappa shape index (κ2) is 6.77. The van der Waals surface area contributed by atoms with E-state index in [0.29, 0.717) is 18.9 Å². The normalized spacial score (nSPS) is 23.4. The minimum absolute atomic E-state index is 0.266. The minimum atomic E-state index is 0.266. The van der Waals surface area contributed by atoms with Crippen molar-refractivity contribution in [1.29, 1.82) is 0 Å². The Balaban J connectivity index is 1.54. The summed E-state index contributed by atoms with van der Waals surface area (Å²) in [5.74, 6) is 2.76. The summed E-state index contributed by atoms with van der Waals surface area (Å²) in [4.78, 5) is 18.6. The maximum Gasteiger partial charge on any atom is 0.229 e. The third-order valence-corrected chi connectivity index (χ3v) is 4.53. The zero-order valence-corrected chi connectivity index (χ0v) is 13.5. The van der Waals surface area contributed by atoms with Crippen LogP contribution in [0.1, 0.15) is 63.1 Å². The lowest BCUT2D eigenvalue weighted by Gasteiger charge is -2.30. The molecule has 122 valence electrons. The van der Waals surface area contributed by atoms with Gasteiger partial charge in [-0.15, -0.1) is 0 Å². The highest BCUT2D eigenvalue weighted by molar-refractivity contribution is 5.76. The summed E-state index contributed by atoms with van der Waals surface area (Å²) in [6.07, 6.45) is 3.43. The van der Waals surface area contributed by atoms with E-state index in [1.54, 1.807) is 0 Å². The minimum Gasteiger partial charge on any atom is -0.381 e. The Labute approximate surface area is 131 Å². The molecule has 0 N–H and O–H groups in total. The zero-order chi connectivity index (χ0) is 15.5.